The molecule has 3 N–H and O–H groups in total. The van der Waals surface area contributed by atoms with E-state index in [1.807, 2.05) is 0 Å². The van der Waals surface area contributed by atoms with Gasteiger partial charge in [-0.3, -0.25) is 4.79 Å². The third-order valence-electron chi connectivity index (χ3n) is 3.31. The monoisotopic (exact) mass is 324 g/mol. The number of amides is 1. The highest BCUT2D eigenvalue weighted by atomic mass is 35.5. The number of carbonyl (C=O) groups excluding carboxylic acids is 1. The van der Waals surface area contributed by atoms with E-state index in [-0.39, 0.29) is 24.9 Å². The van der Waals surface area contributed by atoms with Crippen LogP contribution in [0.5, 0.6) is 5.75 Å². The SMILES string of the molecule is COc1ccc(NC(=O)CN)cc1-n1nnnc1C1CC1.Cl. The number of tetrazole rings is 1. The molecule has 1 aromatic heterocycles. The molecule has 22 heavy (non-hydrogen) atoms. The molecule has 1 aromatic carbocycles. The highest BCUT2D eigenvalue weighted by molar-refractivity contribution is 5.92. The van der Waals surface area contributed by atoms with Gasteiger partial charge in [-0.05, 0) is 41.5 Å². The van der Waals surface area contributed by atoms with Crippen LogP contribution < -0.4 is 15.8 Å². The summed E-state index contributed by atoms with van der Waals surface area (Å²) >= 11 is 0. The lowest BCUT2D eigenvalue weighted by Crippen LogP contribution is -2.22. The Hall–Kier alpha value is -2.19. The largest absolute Gasteiger partial charge is 0.494 e. The number of halogens is 1. The summed E-state index contributed by atoms with van der Waals surface area (Å²) in [5, 5.41) is 14.6. The van der Waals surface area contributed by atoms with Gasteiger partial charge in [0.15, 0.2) is 5.82 Å². The van der Waals surface area contributed by atoms with Crippen molar-refractivity contribution < 1.29 is 9.53 Å². The molecule has 0 saturated heterocycles. The average Bonchev–Trinajstić information content (AvgIpc) is 3.24. The van der Waals surface area contributed by atoms with Crippen molar-refractivity contribution >= 4 is 24.0 Å². The Morgan fingerprint density at radius 2 is 2.27 bits per heavy atom. The summed E-state index contributed by atoms with van der Waals surface area (Å²) in [5.41, 5.74) is 6.62. The van der Waals surface area contributed by atoms with Crippen LogP contribution in [0.15, 0.2) is 18.2 Å². The number of nitrogens with one attached hydrogen (secondary N) is 1. The number of anilines is 1. The molecule has 1 heterocycles. The Bertz CT molecular complexity index is 670. The molecule has 0 bridgehead atoms. The van der Waals surface area contributed by atoms with Crippen LogP contribution in [-0.4, -0.2) is 39.8 Å². The van der Waals surface area contributed by atoms with Gasteiger partial charge in [0.05, 0.1) is 13.7 Å². The molecule has 2 aromatic rings. The molecule has 118 valence electrons. The molecular formula is C13H17ClN6O2. The lowest BCUT2D eigenvalue weighted by atomic mass is 10.2. The Kier molecular flexibility index (Phi) is 4.94. The number of hydrogen-bond acceptors (Lipinski definition) is 6. The van der Waals surface area contributed by atoms with Gasteiger partial charge in [0, 0.05) is 11.6 Å². The fraction of sp³-hybridized carbons (Fsp3) is 0.385. The second-order valence-electron chi connectivity index (χ2n) is 4.86. The standard InChI is InChI=1S/C13H16N6O2.ClH/c1-21-11-5-4-9(15-12(20)7-14)6-10(11)19-13(8-2-3-8)16-17-18-19;/h4-6,8H,2-3,7,14H2,1H3,(H,15,20);1H. The maximum Gasteiger partial charge on any atom is 0.238 e. The van der Waals surface area contributed by atoms with Gasteiger partial charge in [0.25, 0.3) is 0 Å². The number of methoxy groups -OCH3 is 1. The van der Waals surface area contributed by atoms with E-state index in [9.17, 15) is 4.79 Å². The first-order valence-corrected chi connectivity index (χ1v) is 6.69. The third-order valence-corrected chi connectivity index (χ3v) is 3.31. The molecule has 1 saturated carbocycles. The molecule has 0 radical (unpaired) electrons. The molecule has 3 rings (SSSR count). The summed E-state index contributed by atoms with van der Waals surface area (Å²) in [5.74, 6) is 1.59. The van der Waals surface area contributed by atoms with Crippen LogP contribution in [0.3, 0.4) is 0 Å². The minimum atomic E-state index is -0.259. The molecule has 0 aliphatic heterocycles. The summed E-state index contributed by atoms with van der Waals surface area (Å²) in [7, 11) is 1.58. The van der Waals surface area contributed by atoms with Crippen LogP contribution in [0.4, 0.5) is 5.69 Å². The first-order chi connectivity index (χ1) is 10.2. The van der Waals surface area contributed by atoms with Crippen molar-refractivity contribution in [3.05, 3.63) is 24.0 Å². The van der Waals surface area contributed by atoms with E-state index in [1.165, 1.54) is 0 Å². The van der Waals surface area contributed by atoms with E-state index in [0.717, 1.165) is 18.7 Å². The normalized spacial score (nSPS) is 13.4. The Morgan fingerprint density at radius 1 is 1.50 bits per heavy atom. The van der Waals surface area contributed by atoms with Gasteiger partial charge in [0.2, 0.25) is 5.91 Å². The van der Waals surface area contributed by atoms with E-state index >= 15 is 0 Å². The van der Waals surface area contributed by atoms with Gasteiger partial charge in [0.1, 0.15) is 11.4 Å². The minimum Gasteiger partial charge on any atom is -0.494 e. The van der Waals surface area contributed by atoms with Gasteiger partial charge >= 0.3 is 0 Å². The summed E-state index contributed by atoms with van der Waals surface area (Å²) < 4.78 is 7.02. The quantitative estimate of drug-likeness (QED) is 0.844. The van der Waals surface area contributed by atoms with Crippen LogP contribution in [-0.2, 0) is 4.79 Å². The van der Waals surface area contributed by atoms with Gasteiger partial charge in [-0.2, -0.15) is 4.68 Å². The molecule has 0 unspecified atom stereocenters. The van der Waals surface area contributed by atoms with E-state index in [4.69, 9.17) is 10.5 Å². The molecule has 0 atom stereocenters. The van der Waals surface area contributed by atoms with E-state index in [1.54, 1.807) is 30.0 Å². The van der Waals surface area contributed by atoms with E-state index < -0.39 is 0 Å². The van der Waals surface area contributed by atoms with Crippen molar-refractivity contribution in [2.45, 2.75) is 18.8 Å². The number of nitrogens with two attached hydrogens (primary N) is 1. The van der Waals surface area contributed by atoms with Crippen molar-refractivity contribution in [2.75, 3.05) is 19.0 Å². The predicted molar refractivity (Wildman–Crippen MR) is 82.6 cm³/mol. The number of benzene rings is 1. The Morgan fingerprint density at radius 3 is 2.91 bits per heavy atom. The summed E-state index contributed by atoms with van der Waals surface area (Å²) in [6.07, 6.45) is 2.18. The van der Waals surface area contributed by atoms with Crippen LogP contribution in [0, 0.1) is 0 Å². The zero-order valence-corrected chi connectivity index (χ0v) is 12.8. The highest BCUT2D eigenvalue weighted by Crippen LogP contribution is 2.40. The lowest BCUT2D eigenvalue weighted by Gasteiger charge is -2.12. The number of hydrogen-bond donors (Lipinski definition) is 2. The maximum absolute atomic E-state index is 11.4. The molecule has 0 spiro atoms. The summed E-state index contributed by atoms with van der Waals surface area (Å²) in [4.78, 5) is 11.4. The first-order valence-electron chi connectivity index (χ1n) is 6.69. The number of ether oxygens (including phenoxy) is 1. The average molecular weight is 325 g/mol. The number of carbonyl (C=O) groups is 1. The maximum atomic E-state index is 11.4. The van der Waals surface area contributed by atoms with Crippen molar-refractivity contribution in [3.8, 4) is 11.4 Å². The van der Waals surface area contributed by atoms with E-state index in [0.29, 0.717) is 23.0 Å². The van der Waals surface area contributed by atoms with Crippen molar-refractivity contribution in [1.82, 2.24) is 20.2 Å². The minimum absolute atomic E-state index is 0. The Labute approximate surface area is 133 Å². The second-order valence-corrected chi connectivity index (χ2v) is 4.86. The first kappa shape index (κ1) is 16.2. The highest BCUT2D eigenvalue weighted by Gasteiger charge is 2.30. The number of nitrogens with zero attached hydrogens (tertiary/aromatic N) is 4. The molecule has 9 heteroatoms. The zero-order chi connectivity index (χ0) is 14.8. The molecule has 1 aliphatic rings. The van der Waals surface area contributed by atoms with Crippen LogP contribution in [0.2, 0.25) is 0 Å². The summed E-state index contributed by atoms with van der Waals surface area (Å²) in [6.45, 7) is -0.0699. The number of rotatable bonds is 5. The number of aromatic nitrogens is 4. The molecule has 1 aliphatic carbocycles. The van der Waals surface area contributed by atoms with Crippen molar-refractivity contribution in [2.24, 2.45) is 5.73 Å². The Balaban J connectivity index is 0.00000176. The topological polar surface area (TPSA) is 108 Å². The van der Waals surface area contributed by atoms with Gasteiger partial charge in [-0.1, -0.05) is 0 Å². The smallest absolute Gasteiger partial charge is 0.238 e. The molecule has 1 fully saturated rings. The van der Waals surface area contributed by atoms with Crippen molar-refractivity contribution in [3.63, 3.8) is 0 Å². The van der Waals surface area contributed by atoms with Gasteiger partial charge in [-0.25, -0.2) is 0 Å². The zero-order valence-electron chi connectivity index (χ0n) is 12.0. The van der Waals surface area contributed by atoms with Gasteiger partial charge in [-0.15, -0.1) is 17.5 Å². The fourth-order valence-corrected chi connectivity index (χ4v) is 2.11. The van der Waals surface area contributed by atoms with E-state index in [2.05, 4.69) is 20.8 Å². The fourth-order valence-electron chi connectivity index (χ4n) is 2.11. The van der Waals surface area contributed by atoms with Crippen LogP contribution >= 0.6 is 12.4 Å². The summed E-state index contributed by atoms with van der Waals surface area (Å²) in [6, 6.07) is 5.28. The molecular weight excluding hydrogens is 308 g/mol. The van der Waals surface area contributed by atoms with Crippen LogP contribution in [0.1, 0.15) is 24.6 Å². The third kappa shape index (κ3) is 3.18. The molecule has 8 nitrogen and oxygen atoms in total. The van der Waals surface area contributed by atoms with Crippen molar-refractivity contribution in [1.29, 1.82) is 0 Å². The van der Waals surface area contributed by atoms with Gasteiger partial charge < -0.3 is 15.8 Å². The lowest BCUT2D eigenvalue weighted by molar-refractivity contribution is -0.114. The predicted octanol–water partition coefficient (Wildman–Crippen LogP) is 0.867. The second kappa shape index (κ2) is 6.71. The molecule has 1 amide bonds. The van der Waals surface area contributed by atoms with Crippen LogP contribution in [0.25, 0.3) is 5.69 Å².